The Morgan fingerprint density at radius 3 is 2.63 bits per heavy atom. The van der Waals surface area contributed by atoms with Crippen molar-refractivity contribution in [2.24, 2.45) is 13.0 Å². The number of benzene rings is 1. The van der Waals surface area contributed by atoms with Crippen molar-refractivity contribution in [1.29, 1.82) is 0 Å². The number of aromatic nitrogens is 3. The summed E-state index contributed by atoms with van der Waals surface area (Å²) in [7, 11) is 1.83. The van der Waals surface area contributed by atoms with Crippen LogP contribution in [0.1, 0.15) is 62.8 Å². The van der Waals surface area contributed by atoms with Crippen molar-refractivity contribution in [1.82, 2.24) is 24.8 Å². The summed E-state index contributed by atoms with van der Waals surface area (Å²) in [6, 6.07) is 11.9. The van der Waals surface area contributed by atoms with Crippen LogP contribution in [0, 0.1) is 5.92 Å². The third kappa shape index (κ3) is 5.10. The number of fused-ring (bicyclic) bond motifs is 1. The molecule has 0 radical (unpaired) electrons. The van der Waals surface area contributed by atoms with Gasteiger partial charge < -0.3 is 14.4 Å². The van der Waals surface area contributed by atoms with Crippen LogP contribution in [-0.2, 0) is 30.5 Å². The average Bonchev–Trinajstić information content (AvgIpc) is 3.48. The minimum atomic E-state index is -0.668. The van der Waals surface area contributed by atoms with Gasteiger partial charge in [-0.2, -0.15) is 0 Å². The number of ether oxygens (including phenoxy) is 1. The second-order valence-electron chi connectivity index (χ2n) is 11.8. The molecule has 3 atom stereocenters. The lowest BCUT2D eigenvalue weighted by Crippen LogP contribution is -2.50. The molecule has 1 saturated heterocycles. The molecule has 0 unspecified atom stereocenters. The zero-order chi connectivity index (χ0) is 28.7. The monoisotopic (exact) mass is 558 g/mol. The molecule has 2 fully saturated rings. The van der Waals surface area contributed by atoms with Gasteiger partial charge in [-0.3, -0.25) is 19.9 Å². The Labute approximate surface area is 240 Å². The molecule has 0 bridgehead atoms. The molecule has 2 aromatic heterocycles. The highest BCUT2D eigenvalue weighted by Crippen LogP contribution is 2.40. The van der Waals surface area contributed by atoms with E-state index in [0.717, 1.165) is 29.0 Å². The van der Waals surface area contributed by atoms with Gasteiger partial charge in [-0.15, -0.1) is 0 Å². The molecule has 6 rings (SSSR count). The van der Waals surface area contributed by atoms with Gasteiger partial charge in [-0.05, 0) is 61.4 Å². The lowest BCUT2D eigenvalue weighted by molar-refractivity contribution is -0.120. The van der Waals surface area contributed by atoms with E-state index in [2.05, 4.69) is 52.5 Å². The van der Waals surface area contributed by atoms with Crippen LogP contribution in [-0.4, -0.2) is 55.7 Å². The zero-order valence-electron chi connectivity index (χ0n) is 24.0. The summed E-state index contributed by atoms with van der Waals surface area (Å²) in [6.45, 7) is 5.86. The van der Waals surface area contributed by atoms with Gasteiger partial charge in [0.2, 0.25) is 5.91 Å². The molecular weight excluding hydrogens is 520 g/mol. The molecule has 2 aliphatic heterocycles. The first-order chi connectivity index (χ1) is 19.8. The molecule has 10 nitrogen and oxygen atoms in total. The first-order valence-electron chi connectivity index (χ1n) is 14.5. The molecule has 1 aromatic carbocycles. The van der Waals surface area contributed by atoms with Gasteiger partial charge in [0.05, 0.1) is 24.0 Å². The predicted octanol–water partition coefficient (Wildman–Crippen LogP) is 4.11. The first kappa shape index (κ1) is 27.4. The molecule has 216 valence electrons. The summed E-state index contributed by atoms with van der Waals surface area (Å²) in [5.74, 6) is 2.41. The fraction of sp³-hybridized carbons (Fsp3) is 0.484. The standard InChI is InChI=1S/C31H38N6O4/c1-20-6-4-5-7-25(20)41-23-11-8-21(9-12-23)17-36-18-22-10-13-24(33-28(22)31(36,2)19-38)29-32-16-27(35(29)3)37-15-14-26(39)34-30(37)40/h8-13,16,20,25,38H,4-7,14-15,17-19H2,1-3H3,(H,34,39,40)/t20-,25+,31+/m1/s1. The summed E-state index contributed by atoms with van der Waals surface area (Å²) >= 11 is 0. The van der Waals surface area contributed by atoms with Gasteiger partial charge in [-0.1, -0.05) is 31.5 Å². The average molecular weight is 559 g/mol. The minimum Gasteiger partial charge on any atom is -0.490 e. The number of aliphatic hydroxyl groups is 1. The van der Waals surface area contributed by atoms with Crippen molar-refractivity contribution in [2.75, 3.05) is 18.1 Å². The van der Waals surface area contributed by atoms with Gasteiger partial charge in [0.15, 0.2) is 5.82 Å². The van der Waals surface area contributed by atoms with Gasteiger partial charge in [0.25, 0.3) is 0 Å². The lowest BCUT2D eigenvalue weighted by Gasteiger charge is -2.34. The minimum absolute atomic E-state index is 0.0784. The van der Waals surface area contributed by atoms with Crippen LogP contribution in [0.2, 0.25) is 0 Å². The lowest BCUT2D eigenvalue weighted by atomic mass is 9.88. The number of hydrogen-bond acceptors (Lipinski definition) is 7. The Balaban J connectivity index is 1.19. The highest BCUT2D eigenvalue weighted by atomic mass is 16.5. The van der Waals surface area contributed by atoms with E-state index in [1.165, 1.54) is 24.2 Å². The molecule has 41 heavy (non-hydrogen) atoms. The van der Waals surface area contributed by atoms with E-state index in [0.29, 0.717) is 42.9 Å². The van der Waals surface area contributed by atoms with E-state index in [9.17, 15) is 14.7 Å². The Kier molecular flexibility index (Phi) is 7.29. The topological polar surface area (TPSA) is 113 Å². The molecule has 1 saturated carbocycles. The summed E-state index contributed by atoms with van der Waals surface area (Å²) < 4.78 is 8.12. The quantitative estimate of drug-likeness (QED) is 0.449. The number of pyridine rings is 1. The number of carbonyl (C=O) groups excluding carboxylic acids is 2. The molecule has 10 heteroatoms. The van der Waals surface area contributed by atoms with Crippen molar-refractivity contribution in [3.63, 3.8) is 0 Å². The normalized spacial score (nSPS) is 24.8. The van der Waals surface area contributed by atoms with Crippen LogP contribution >= 0.6 is 0 Å². The van der Waals surface area contributed by atoms with Crippen molar-refractivity contribution in [2.45, 2.75) is 70.7 Å². The fourth-order valence-electron chi connectivity index (χ4n) is 6.34. The molecule has 1 aliphatic carbocycles. The van der Waals surface area contributed by atoms with E-state index >= 15 is 0 Å². The zero-order valence-corrected chi connectivity index (χ0v) is 24.0. The van der Waals surface area contributed by atoms with Crippen LogP contribution in [0.25, 0.3) is 11.5 Å². The Morgan fingerprint density at radius 2 is 1.90 bits per heavy atom. The van der Waals surface area contributed by atoms with E-state index < -0.39 is 11.6 Å². The van der Waals surface area contributed by atoms with Gasteiger partial charge >= 0.3 is 6.03 Å². The number of rotatable bonds is 7. The summed E-state index contributed by atoms with van der Waals surface area (Å²) in [4.78, 5) is 37.3. The third-order valence-electron chi connectivity index (χ3n) is 9.00. The maximum absolute atomic E-state index is 12.4. The Bertz CT molecular complexity index is 1450. The van der Waals surface area contributed by atoms with Crippen LogP contribution in [0.4, 0.5) is 10.6 Å². The number of imide groups is 1. The predicted molar refractivity (Wildman–Crippen MR) is 154 cm³/mol. The molecule has 2 N–H and O–H groups in total. The number of urea groups is 1. The largest absolute Gasteiger partial charge is 0.490 e. The van der Waals surface area contributed by atoms with Crippen LogP contribution in [0.5, 0.6) is 5.75 Å². The second-order valence-corrected chi connectivity index (χ2v) is 11.8. The number of anilines is 1. The number of nitrogens with one attached hydrogen (secondary N) is 1. The number of imidazole rings is 1. The Morgan fingerprint density at radius 1 is 1.12 bits per heavy atom. The van der Waals surface area contributed by atoms with Crippen molar-refractivity contribution in [3.8, 4) is 17.3 Å². The SMILES string of the molecule is C[C@@H]1CCCC[C@@H]1Oc1ccc(CN2Cc3ccc(-c4ncc(N5CCC(=O)NC5=O)n4C)nc3[C@]2(C)CO)cc1. The van der Waals surface area contributed by atoms with E-state index in [-0.39, 0.29) is 25.0 Å². The summed E-state index contributed by atoms with van der Waals surface area (Å²) in [6.07, 6.45) is 7.03. The van der Waals surface area contributed by atoms with Crippen molar-refractivity contribution >= 4 is 17.8 Å². The smallest absolute Gasteiger partial charge is 0.329 e. The van der Waals surface area contributed by atoms with E-state index in [1.807, 2.05) is 24.6 Å². The van der Waals surface area contributed by atoms with Crippen molar-refractivity contribution in [3.05, 3.63) is 59.4 Å². The molecular formula is C31H38N6O4. The maximum Gasteiger partial charge on any atom is 0.329 e. The number of nitrogens with zero attached hydrogens (tertiary/aromatic N) is 5. The van der Waals surface area contributed by atoms with Gasteiger partial charge in [0.1, 0.15) is 23.4 Å². The second kappa shape index (κ2) is 10.9. The molecule has 4 heterocycles. The van der Waals surface area contributed by atoms with Crippen molar-refractivity contribution < 1.29 is 19.4 Å². The Hall–Kier alpha value is -3.76. The highest BCUT2D eigenvalue weighted by Gasteiger charge is 2.42. The number of amides is 3. The van der Waals surface area contributed by atoms with Gasteiger partial charge in [0, 0.05) is 33.1 Å². The first-order valence-corrected chi connectivity index (χ1v) is 14.5. The molecule has 3 aliphatic rings. The number of carbonyl (C=O) groups is 2. The number of aliphatic hydroxyl groups excluding tert-OH is 1. The highest BCUT2D eigenvalue weighted by molar-refractivity contribution is 6.05. The van der Waals surface area contributed by atoms with Crippen LogP contribution in [0.15, 0.2) is 42.6 Å². The van der Waals surface area contributed by atoms with Gasteiger partial charge in [-0.25, -0.2) is 14.8 Å². The van der Waals surface area contributed by atoms with E-state index in [4.69, 9.17) is 9.72 Å². The van der Waals surface area contributed by atoms with E-state index in [1.54, 1.807) is 6.20 Å². The fourth-order valence-corrected chi connectivity index (χ4v) is 6.34. The number of hydrogen-bond donors (Lipinski definition) is 2. The molecule has 0 spiro atoms. The maximum atomic E-state index is 12.4. The molecule has 3 aromatic rings. The molecule has 3 amide bonds. The summed E-state index contributed by atoms with van der Waals surface area (Å²) in [5.41, 5.74) is 3.04. The summed E-state index contributed by atoms with van der Waals surface area (Å²) in [5, 5.41) is 13.0. The third-order valence-corrected chi connectivity index (χ3v) is 9.00. The van der Waals surface area contributed by atoms with Crippen LogP contribution < -0.4 is 15.0 Å². The van der Waals surface area contributed by atoms with Crippen LogP contribution in [0.3, 0.4) is 0 Å².